The Morgan fingerprint density at radius 2 is 1.73 bits per heavy atom. The maximum absolute atomic E-state index is 15.0. The number of amides is 1. The Morgan fingerprint density at radius 1 is 1.10 bits per heavy atom. The first-order valence-electron chi connectivity index (χ1n) is 12.4. The number of aromatic nitrogens is 2. The number of carbonyl (C=O) groups excluding carboxylic acids is 1. The SMILES string of the molecule is CC(n1c(=O)n(-c2cc(OC(F)(F)F)ccc2F)c2ccc(C(=O)NC3(C)CCS(O)(O)CC3)cc21)C(C)(C)O. The Kier molecular flexibility index (Phi) is 7.54. The van der Waals surface area contributed by atoms with Crippen molar-refractivity contribution in [1.29, 1.82) is 0 Å². The molecule has 1 aliphatic heterocycles. The summed E-state index contributed by atoms with van der Waals surface area (Å²) in [6.07, 6.45) is -4.36. The van der Waals surface area contributed by atoms with E-state index in [0.29, 0.717) is 12.8 Å². The molecule has 0 radical (unpaired) electrons. The Hall–Kier alpha value is -3.07. The van der Waals surface area contributed by atoms with Crippen LogP contribution in [0, 0.1) is 5.82 Å². The first-order chi connectivity index (χ1) is 18.3. The average Bonchev–Trinajstić information content (AvgIpc) is 3.11. The molecule has 0 spiro atoms. The highest BCUT2D eigenvalue weighted by Gasteiger charge is 2.36. The molecule has 4 N–H and O–H groups in total. The monoisotopic (exact) mass is 589 g/mol. The smallest absolute Gasteiger partial charge is 0.406 e. The van der Waals surface area contributed by atoms with E-state index in [1.54, 1.807) is 13.8 Å². The van der Waals surface area contributed by atoms with Crippen LogP contribution >= 0.6 is 10.6 Å². The van der Waals surface area contributed by atoms with E-state index in [1.165, 1.54) is 32.0 Å². The van der Waals surface area contributed by atoms with Gasteiger partial charge >= 0.3 is 12.1 Å². The Bertz CT molecular complexity index is 1500. The van der Waals surface area contributed by atoms with Crippen molar-refractivity contribution in [3.63, 3.8) is 0 Å². The number of hydrogen-bond acceptors (Lipinski definition) is 6. The molecule has 9 nitrogen and oxygen atoms in total. The standard InChI is InChI=1S/C26H31F4N3O6S/c1-15(24(2,3)36)32-21-13-16(22(34)31-25(4)9-11-40(37,38)12-10-25)5-8-19(21)33(23(32)35)20-14-17(6-7-18(20)27)39-26(28,29)30/h5-8,13-15,36-38H,9-12H2,1-4H3,(H,31,34). The number of benzene rings is 2. The van der Waals surface area contributed by atoms with Gasteiger partial charge in [-0.25, -0.2) is 9.18 Å². The van der Waals surface area contributed by atoms with Crippen molar-refractivity contribution in [2.75, 3.05) is 11.5 Å². The molecule has 14 heteroatoms. The van der Waals surface area contributed by atoms with Crippen LogP contribution in [0.4, 0.5) is 17.6 Å². The van der Waals surface area contributed by atoms with Gasteiger partial charge in [0.05, 0.1) is 28.4 Å². The summed E-state index contributed by atoms with van der Waals surface area (Å²) in [4.78, 5) is 26.9. The van der Waals surface area contributed by atoms with Crippen LogP contribution in [-0.4, -0.2) is 58.3 Å². The number of rotatable bonds is 6. The zero-order valence-electron chi connectivity index (χ0n) is 22.3. The molecular formula is C26H31F4N3O6S. The van der Waals surface area contributed by atoms with Crippen LogP contribution in [0.3, 0.4) is 0 Å². The summed E-state index contributed by atoms with van der Waals surface area (Å²) in [6.45, 7) is 6.24. The van der Waals surface area contributed by atoms with Gasteiger partial charge in [-0.3, -0.25) is 23.0 Å². The second-order valence-corrected chi connectivity index (χ2v) is 13.3. The molecule has 1 saturated heterocycles. The normalized spacial score (nSPS) is 18.8. The Labute approximate surface area is 228 Å². The minimum Gasteiger partial charge on any atom is -0.406 e. The van der Waals surface area contributed by atoms with Gasteiger partial charge in [-0.15, -0.1) is 13.2 Å². The summed E-state index contributed by atoms with van der Waals surface area (Å²) in [5, 5.41) is 13.6. The van der Waals surface area contributed by atoms with Crippen LogP contribution in [0.15, 0.2) is 41.2 Å². The lowest BCUT2D eigenvalue weighted by atomic mass is 9.94. The molecule has 2 heterocycles. The van der Waals surface area contributed by atoms with Crippen LogP contribution in [0.25, 0.3) is 16.7 Å². The van der Waals surface area contributed by atoms with E-state index in [4.69, 9.17) is 0 Å². The number of hydrogen-bond donors (Lipinski definition) is 4. The lowest BCUT2D eigenvalue weighted by Crippen LogP contribution is -2.50. The van der Waals surface area contributed by atoms with Gasteiger partial charge < -0.3 is 15.2 Å². The van der Waals surface area contributed by atoms with Gasteiger partial charge in [0.2, 0.25) is 0 Å². The molecule has 1 aliphatic rings. The number of ether oxygens (including phenoxy) is 1. The topological polar surface area (TPSA) is 126 Å². The van der Waals surface area contributed by atoms with Gasteiger partial charge in [0.15, 0.2) is 0 Å². The average molecular weight is 590 g/mol. The van der Waals surface area contributed by atoms with E-state index in [-0.39, 0.29) is 28.1 Å². The third kappa shape index (κ3) is 6.14. The minimum atomic E-state index is -5.04. The van der Waals surface area contributed by atoms with Gasteiger partial charge in [0.1, 0.15) is 11.6 Å². The zero-order chi connectivity index (χ0) is 29.8. The van der Waals surface area contributed by atoms with Crippen LogP contribution in [0.2, 0.25) is 0 Å². The van der Waals surface area contributed by atoms with E-state index in [1.807, 2.05) is 0 Å². The van der Waals surface area contributed by atoms with E-state index in [0.717, 1.165) is 27.3 Å². The Balaban J connectivity index is 1.84. The van der Waals surface area contributed by atoms with Crippen LogP contribution in [0.1, 0.15) is 56.9 Å². The van der Waals surface area contributed by atoms with Gasteiger partial charge in [-0.1, -0.05) is 0 Å². The van der Waals surface area contributed by atoms with E-state index < -0.39 is 63.0 Å². The van der Waals surface area contributed by atoms with Crippen molar-refractivity contribution in [2.24, 2.45) is 0 Å². The summed E-state index contributed by atoms with van der Waals surface area (Å²) < 4.78 is 79.2. The summed E-state index contributed by atoms with van der Waals surface area (Å²) in [5.74, 6) is -1.93. The van der Waals surface area contributed by atoms with Crippen LogP contribution < -0.4 is 15.7 Å². The summed E-state index contributed by atoms with van der Waals surface area (Å²) in [6, 6.07) is 5.52. The molecule has 2 aromatic carbocycles. The fourth-order valence-corrected chi connectivity index (χ4v) is 6.38. The third-order valence-corrected chi connectivity index (χ3v) is 9.03. The van der Waals surface area contributed by atoms with Gasteiger partial charge in [-0.2, -0.15) is 10.6 Å². The van der Waals surface area contributed by atoms with Crippen molar-refractivity contribution in [3.05, 3.63) is 58.3 Å². The lowest BCUT2D eigenvalue weighted by molar-refractivity contribution is -0.274. The number of imidazole rings is 1. The highest BCUT2D eigenvalue weighted by molar-refractivity contribution is 8.24. The predicted molar refractivity (Wildman–Crippen MR) is 143 cm³/mol. The van der Waals surface area contributed by atoms with Gasteiger partial charge in [0, 0.05) is 28.7 Å². The number of carbonyl (C=O) groups is 1. The van der Waals surface area contributed by atoms with Gasteiger partial charge in [-0.05, 0) is 70.9 Å². The van der Waals surface area contributed by atoms with E-state index in [2.05, 4.69) is 10.1 Å². The molecule has 1 amide bonds. The molecule has 220 valence electrons. The molecule has 40 heavy (non-hydrogen) atoms. The number of alkyl halides is 3. The van der Waals surface area contributed by atoms with Crippen molar-refractivity contribution in [2.45, 2.75) is 64.1 Å². The maximum atomic E-state index is 15.0. The van der Waals surface area contributed by atoms with Crippen LogP contribution in [0.5, 0.6) is 5.75 Å². The second kappa shape index (κ2) is 10.1. The fourth-order valence-electron chi connectivity index (χ4n) is 4.62. The molecule has 3 aromatic rings. The summed E-state index contributed by atoms with van der Waals surface area (Å²) in [7, 11) is -2.68. The van der Waals surface area contributed by atoms with Crippen molar-refractivity contribution in [1.82, 2.24) is 14.5 Å². The van der Waals surface area contributed by atoms with Crippen molar-refractivity contribution < 1.29 is 41.3 Å². The predicted octanol–water partition coefficient (Wildman–Crippen LogP) is 5.19. The zero-order valence-corrected chi connectivity index (χ0v) is 23.1. The Morgan fingerprint density at radius 3 is 2.30 bits per heavy atom. The largest absolute Gasteiger partial charge is 0.573 e. The van der Waals surface area contributed by atoms with Crippen molar-refractivity contribution >= 4 is 27.5 Å². The second-order valence-electron chi connectivity index (χ2n) is 10.9. The summed E-state index contributed by atoms with van der Waals surface area (Å²) >= 11 is 0. The number of halogens is 4. The molecule has 4 rings (SSSR count). The third-order valence-electron chi connectivity index (χ3n) is 7.31. The highest BCUT2D eigenvalue weighted by Crippen LogP contribution is 2.47. The van der Waals surface area contributed by atoms with Gasteiger partial charge in [0.25, 0.3) is 5.91 Å². The van der Waals surface area contributed by atoms with E-state index in [9.17, 15) is 41.4 Å². The fraction of sp³-hybridized carbons (Fsp3) is 0.462. The number of fused-ring (bicyclic) bond motifs is 1. The number of aliphatic hydroxyl groups is 1. The number of nitrogens with zero attached hydrogens (tertiary/aromatic N) is 2. The molecule has 0 aliphatic carbocycles. The molecule has 1 fully saturated rings. The van der Waals surface area contributed by atoms with E-state index >= 15 is 0 Å². The first kappa shape index (κ1) is 29.9. The maximum Gasteiger partial charge on any atom is 0.573 e. The summed E-state index contributed by atoms with van der Waals surface area (Å²) in [5.41, 5.74) is -3.18. The molecule has 1 aromatic heterocycles. The lowest BCUT2D eigenvalue weighted by Gasteiger charge is -2.44. The number of nitrogens with one attached hydrogen (secondary N) is 1. The minimum absolute atomic E-state index is 0.0820. The molecule has 1 atom stereocenters. The van der Waals surface area contributed by atoms with Crippen LogP contribution in [-0.2, 0) is 0 Å². The molecule has 1 unspecified atom stereocenters. The molecule has 0 saturated carbocycles. The molecular weight excluding hydrogens is 558 g/mol. The van der Waals surface area contributed by atoms with Crippen molar-refractivity contribution in [3.8, 4) is 11.4 Å². The molecule has 0 bridgehead atoms. The quantitative estimate of drug-likeness (QED) is 0.293. The highest BCUT2D eigenvalue weighted by atomic mass is 32.3. The first-order valence-corrected chi connectivity index (χ1v) is 14.3.